The van der Waals surface area contributed by atoms with E-state index in [1.165, 1.54) is 19.2 Å². The summed E-state index contributed by atoms with van der Waals surface area (Å²) in [5.74, 6) is 0.360. The standard InChI is InChI=1S/C15H14F3NO2/c1-21-12-7-3-6-11(13(12)19)14(20)9-4-2-5-10(8-9)15(16,17)18/h2-8,14,20H,19H2,1H3. The topological polar surface area (TPSA) is 55.5 Å². The summed E-state index contributed by atoms with van der Waals surface area (Å²) in [5, 5.41) is 10.3. The second-order valence-corrected chi connectivity index (χ2v) is 4.49. The molecule has 2 aromatic rings. The number of hydrogen-bond acceptors (Lipinski definition) is 3. The van der Waals surface area contributed by atoms with Gasteiger partial charge >= 0.3 is 6.18 Å². The van der Waals surface area contributed by atoms with Crippen molar-refractivity contribution in [2.45, 2.75) is 12.3 Å². The largest absolute Gasteiger partial charge is 0.495 e. The number of hydrogen-bond donors (Lipinski definition) is 2. The van der Waals surface area contributed by atoms with Crippen LogP contribution in [0.3, 0.4) is 0 Å². The first-order valence-corrected chi connectivity index (χ1v) is 6.12. The average molecular weight is 297 g/mol. The summed E-state index contributed by atoms with van der Waals surface area (Å²) in [6.45, 7) is 0. The van der Waals surface area contributed by atoms with Crippen LogP contribution in [0.15, 0.2) is 42.5 Å². The molecule has 0 fully saturated rings. The van der Waals surface area contributed by atoms with E-state index in [1.54, 1.807) is 18.2 Å². The first-order valence-electron chi connectivity index (χ1n) is 6.12. The van der Waals surface area contributed by atoms with Crippen molar-refractivity contribution < 1.29 is 23.0 Å². The Hall–Kier alpha value is -2.21. The molecule has 2 aromatic carbocycles. The summed E-state index contributed by atoms with van der Waals surface area (Å²) >= 11 is 0. The van der Waals surface area contributed by atoms with Gasteiger partial charge in [-0.25, -0.2) is 0 Å². The van der Waals surface area contributed by atoms with E-state index in [0.717, 1.165) is 12.1 Å². The van der Waals surface area contributed by atoms with Crippen molar-refractivity contribution in [3.8, 4) is 5.75 Å². The van der Waals surface area contributed by atoms with Gasteiger partial charge in [-0.3, -0.25) is 0 Å². The van der Waals surface area contributed by atoms with Crippen molar-refractivity contribution in [2.24, 2.45) is 0 Å². The molecule has 0 saturated carbocycles. The smallest absolute Gasteiger partial charge is 0.416 e. The Bertz CT molecular complexity index is 641. The maximum atomic E-state index is 12.7. The maximum Gasteiger partial charge on any atom is 0.416 e. The van der Waals surface area contributed by atoms with E-state index in [2.05, 4.69) is 0 Å². The molecule has 0 saturated heterocycles. The van der Waals surface area contributed by atoms with E-state index in [1.807, 2.05) is 0 Å². The number of anilines is 1. The molecule has 6 heteroatoms. The van der Waals surface area contributed by atoms with Gasteiger partial charge in [-0.1, -0.05) is 24.3 Å². The van der Waals surface area contributed by atoms with Crippen LogP contribution in [0, 0.1) is 0 Å². The van der Waals surface area contributed by atoms with Gasteiger partial charge in [0.2, 0.25) is 0 Å². The Morgan fingerprint density at radius 1 is 1.14 bits per heavy atom. The molecule has 21 heavy (non-hydrogen) atoms. The highest BCUT2D eigenvalue weighted by atomic mass is 19.4. The third-order valence-electron chi connectivity index (χ3n) is 3.14. The average Bonchev–Trinajstić information content (AvgIpc) is 2.46. The van der Waals surface area contributed by atoms with Crippen LogP contribution >= 0.6 is 0 Å². The van der Waals surface area contributed by atoms with Crippen molar-refractivity contribution in [1.82, 2.24) is 0 Å². The number of benzene rings is 2. The van der Waals surface area contributed by atoms with Gasteiger partial charge < -0.3 is 15.6 Å². The number of aliphatic hydroxyl groups excluding tert-OH is 1. The van der Waals surface area contributed by atoms with Crippen molar-refractivity contribution in [1.29, 1.82) is 0 Å². The molecule has 1 atom stereocenters. The third-order valence-corrected chi connectivity index (χ3v) is 3.14. The fourth-order valence-corrected chi connectivity index (χ4v) is 2.04. The lowest BCUT2D eigenvalue weighted by Crippen LogP contribution is -2.09. The van der Waals surface area contributed by atoms with E-state index < -0.39 is 17.8 Å². The van der Waals surface area contributed by atoms with Crippen LogP contribution in [0.25, 0.3) is 0 Å². The summed E-state index contributed by atoms with van der Waals surface area (Å²) in [6.07, 6.45) is -5.72. The molecule has 2 rings (SSSR count). The molecule has 0 radical (unpaired) electrons. The number of aliphatic hydroxyl groups is 1. The van der Waals surface area contributed by atoms with E-state index in [9.17, 15) is 18.3 Å². The second-order valence-electron chi connectivity index (χ2n) is 4.49. The molecule has 0 bridgehead atoms. The summed E-state index contributed by atoms with van der Waals surface area (Å²) < 4.78 is 43.1. The number of nitrogen functional groups attached to an aromatic ring is 1. The highest BCUT2D eigenvalue weighted by molar-refractivity contribution is 5.60. The van der Waals surface area contributed by atoms with Gasteiger partial charge in [-0.2, -0.15) is 13.2 Å². The zero-order chi connectivity index (χ0) is 15.6. The monoisotopic (exact) mass is 297 g/mol. The number of ether oxygens (including phenoxy) is 1. The Labute approximate surface area is 119 Å². The van der Waals surface area contributed by atoms with E-state index in [0.29, 0.717) is 11.3 Å². The number of methoxy groups -OCH3 is 1. The van der Waals surface area contributed by atoms with Crippen LogP contribution in [-0.2, 0) is 6.18 Å². The van der Waals surface area contributed by atoms with Crippen LogP contribution in [-0.4, -0.2) is 12.2 Å². The SMILES string of the molecule is COc1cccc(C(O)c2cccc(C(F)(F)F)c2)c1N. The minimum absolute atomic E-state index is 0.116. The third kappa shape index (κ3) is 3.11. The van der Waals surface area contributed by atoms with Crippen LogP contribution in [0.1, 0.15) is 22.8 Å². The lowest BCUT2D eigenvalue weighted by atomic mass is 9.98. The Morgan fingerprint density at radius 2 is 1.81 bits per heavy atom. The summed E-state index contributed by atoms with van der Waals surface area (Å²) in [7, 11) is 1.42. The van der Waals surface area contributed by atoms with Crippen molar-refractivity contribution in [3.63, 3.8) is 0 Å². The minimum atomic E-state index is -4.46. The van der Waals surface area contributed by atoms with Gasteiger partial charge in [0.25, 0.3) is 0 Å². The molecule has 1 unspecified atom stereocenters. The first kappa shape index (κ1) is 15.2. The van der Waals surface area contributed by atoms with Crippen LogP contribution in [0.2, 0.25) is 0 Å². The van der Waals surface area contributed by atoms with Crippen LogP contribution in [0.5, 0.6) is 5.75 Å². The molecule has 3 nitrogen and oxygen atoms in total. The van der Waals surface area contributed by atoms with Gasteiger partial charge in [0.15, 0.2) is 0 Å². The zero-order valence-corrected chi connectivity index (χ0v) is 11.2. The fourth-order valence-electron chi connectivity index (χ4n) is 2.04. The van der Waals surface area contributed by atoms with Crippen molar-refractivity contribution >= 4 is 5.69 Å². The molecule has 3 N–H and O–H groups in total. The molecular formula is C15H14F3NO2. The van der Waals surface area contributed by atoms with Gasteiger partial charge in [-0.15, -0.1) is 0 Å². The molecule has 112 valence electrons. The number of nitrogens with two attached hydrogens (primary N) is 1. The fraction of sp³-hybridized carbons (Fsp3) is 0.200. The highest BCUT2D eigenvalue weighted by Gasteiger charge is 2.31. The number of alkyl halides is 3. The Balaban J connectivity index is 2.43. The van der Waals surface area contributed by atoms with E-state index in [4.69, 9.17) is 10.5 Å². The molecule has 0 aliphatic rings. The summed E-state index contributed by atoms with van der Waals surface area (Å²) in [5.41, 5.74) is 5.64. The normalized spacial score (nSPS) is 13.0. The number of halogens is 3. The molecular weight excluding hydrogens is 283 g/mol. The second kappa shape index (κ2) is 5.65. The number of rotatable bonds is 3. The van der Waals surface area contributed by atoms with Crippen molar-refractivity contribution in [3.05, 3.63) is 59.2 Å². The first-order chi connectivity index (χ1) is 9.84. The lowest BCUT2D eigenvalue weighted by molar-refractivity contribution is -0.137. The Kier molecular flexibility index (Phi) is 4.09. The van der Waals surface area contributed by atoms with Crippen LogP contribution < -0.4 is 10.5 Å². The van der Waals surface area contributed by atoms with Crippen LogP contribution in [0.4, 0.5) is 18.9 Å². The molecule has 0 amide bonds. The van der Waals surface area contributed by atoms with Gasteiger partial charge in [0.05, 0.1) is 18.4 Å². The van der Waals surface area contributed by atoms with Gasteiger partial charge in [-0.05, 0) is 23.8 Å². The van der Waals surface area contributed by atoms with E-state index in [-0.39, 0.29) is 11.3 Å². The quantitative estimate of drug-likeness (QED) is 0.854. The maximum absolute atomic E-state index is 12.7. The summed E-state index contributed by atoms with van der Waals surface area (Å²) in [4.78, 5) is 0. The summed E-state index contributed by atoms with van der Waals surface area (Å²) in [6, 6.07) is 9.28. The van der Waals surface area contributed by atoms with Gasteiger partial charge in [0.1, 0.15) is 11.9 Å². The predicted molar refractivity (Wildman–Crippen MR) is 72.9 cm³/mol. The van der Waals surface area contributed by atoms with E-state index >= 15 is 0 Å². The highest BCUT2D eigenvalue weighted by Crippen LogP contribution is 2.35. The molecule has 0 aliphatic carbocycles. The Morgan fingerprint density at radius 3 is 2.43 bits per heavy atom. The number of para-hydroxylation sites is 1. The molecule has 0 aromatic heterocycles. The zero-order valence-electron chi connectivity index (χ0n) is 11.2. The molecule has 0 spiro atoms. The van der Waals surface area contributed by atoms with Crippen molar-refractivity contribution in [2.75, 3.05) is 12.8 Å². The lowest BCUT2D eigenvalue weighted by Gasteiger charge is -2.17. The minimum Gasteiger partial charge on any atom is -0.495 e. The van der Waals surface area contributed by atoms with Gasteiger partial charge in [0, 0.05) is 5.56 Å². The molecule has 0 aliphatic heterocycles. The predicted octanol–water partition coefficient (Wildman–Crippen LogP) is 3.38. The molecule has 0 heterocycles.